The van der Waals surface area contributed by atoms with Gasteiger partial charge in [-0.2, -0.15) is 0 Å². The zero-order valence-corrected chi connectivity index (χ0v) is 10.1. The van der Waals surface area contributed by atoms with Crippen LogP contribution in [0.3, 0.4) is 0 Å². The van der Waals surface area contributed by atoms with Gasteiger partial charge in [-0.05, 0) is 27.7 Å². The lowest BCUT2D eigenvalue weighted by Crippen LogP contribution is -2.31. The molecule has 0 amide bonds. The molecule has 0 aromatic heterocycles. The Hall–Kier alpha value is -0.743. The third kappa shape index (κ3) is 5.49. The van der Waals surface area contributed by atoms with Crippen LogP contribution in [0, 0.1) is 24.7 Å². The highest BCUT2D eigenvalue weighted by Crippen LogP contribution is 2.09. The van der Waals surface area contributed by atoms with E-state index in [4.69, 9.17) is 21.7 Å². The van der Waals surface area contributed by atoms with E-state index in [2.05, 4.69) is 11.8 Å². The molecule has 13 heavy (non-hydrogen) atoms. The summed E-state index contributed by atoms with van der Waals surface area (Å²) in [6, 6.07) is 0. The van der Waals surface area contributed by atoms with Gasteiger partial charge in [0.15, 0.2) is 0 Å². The van der Waals surface area contributed by atoms with Gasteiger partial charge < -0.3 is 8.85 Å². The first-order valence-corrected chi connectivity index (χ1v) is 5.22. The number of rotatable bonds is 4. The smallest absolute Gasteiger partial charge is 0.306 e. The number of hydrogen-bond donors (Lipinski definition) is 0. The maximum Gasteiger partial charge on any atom is 0.306 e. The zero-order valence-electron chi connectivity index (χ0n) is 8.68. The fourth-order valence-electron chi connectivity index (χ4n) is 0.407. The average Bonchev–Trinajstić information content (AvgIpc) is 2.04. The van der Waals surface area contributed by atoms with Gasteiger partial charge >= 0.3 is 10.0 Å². The maximum atomic E-state index is 5.40. The van der Waals surface area contributed by atoms with Crippen LogP contribution >= 0.6 is 0 Å². The largest absolute Gasteiger partial charge is 0.382 e. The second-order valence-corrected chi connectivity index (χ2v) is 4.53. The molecule has 0 saturated heterocycles. The van der Waals surface area contributed by atoms with Gasteiger partial charge in [0.05, 0.1) is 0 Å². The molecule has 0 fully saturated rings. The highest BCUT2D eigenvalue weighted by molar-refractivity contribution is 6.18. The molecule has 3 heteroatoms. The topological polar surface area (TPSA) is 18.5 Å². The lowest BCUT2D eigenvalue weighted by Gasteiger charge is -2.23. The van der Waals surface area contributed by atoms with Gasteiger partial charge in [-0.25, -0.2) is 0 Å². The highest BCUT2D eigenvalue weighted by atomic mass is 28.3. The van der Waals surface area contributed by atoms with Crippen molar-refractivity contribution in [2.45, 2.75) is 38.9 Å². The fourth-order valence-corrected chi connectivity index (χ4v) is 1.22. The molecule has 0 bridgehead atoms. The van der Waals surface area contributed by atoms with Crippen molar-refractivity contribution in [1.82, 2.24) is 0 Å². The van der Waals surface area contributed by atoms with Crippen molar-refractivity contribution < 1.29 is 8.85 Å². The van der Waals surface area contributed by atoms with Crippen LogP contribution in [-0.2, 0) is 8.85 Å². The van der Waals surface area contributed by atoms with Gasteiger partial charge in [0, 0.05) is 0 Å². The molecule has 0 spiro atoms. The standard InChI is InChI=1S/C10H16O2Si/c1-7-9(3,4)11-13-12-10(5,6)8-2/h1-2H,13H2,3-6H3. The normalized spacial score (nSPS) is 11.8. The van der Waals surface area contributed by atoms with Crippen molar-refractivity contribution in [2.75, 3.05) is 0 Å². The van der Waals surface area contributed by atoms with Crippen LogP contribution in [0.4, 0.5) is 0 Å². The van der Waals surface area contributed by atoms with Crippen molar-refractivity contribution >= 4 is 10.0 Å². The SMILES string of the molecule is C#CC(C)(C)O[SiH2]OC(C)(C)C#C. The molecule has 0 aliphatic carbocycles. The van der Waals surface area contributed by atoms with Gasteiger partial charge in [-0.15, -0.1) is 12.8 Å². The number of hydrogen-bond acceptors (Lipinski definition) is 2. The first-order valence-electron chi connectivity index (χ1n) is 4.06. The zero-order chi connectivity index (χ0) is 10.5. The molecule has 0 atom stereocenters. The summed E-state index contributed by atoms with van der Waals surface area (Å²) in [4.78, 5) is 0. The van der Waals surface area contributed by atoms with Crippen LogP contribution in [0.2, 0.25) is 0 Å². The van der Waals surface area contributed by atoms with E-state index >= 15 is 0 Å². The van der Waals surface area contributed by atoms with E-state index in [0.717, 1.165) is 0 Å². The third-order valence-corrected chi connectivity index (χ3v) is 3.21. The first kappa shape index (κ1) is 12.3. The van der Waals surface area contributed by atoms with Gasteiger partial charge in [-0.3, -0.25) is 0 Å². The van der Waals surface area contributed by atoms with Crippen molar-refractivity contribution in [3.63, 3.8) is 0 Å². The summed E-state index contributed by atoms with van der Waals surface area (Å²) in [6.45, 7) is 7.30. The lowest BCUT2D eigenvalue weighted by atomic mass is 10.2. The number of terminal acetylenes is 2. The Balaban J connectivity index is 3.85. The second-order valence-electron chi connectivity index (χ2n) is 3.72. The van der Waals surface area contributed by atoms with Crippen LogP contribution in [0.5, 0.6) is 0 Å². The molecule has 0 heterocycles. The Morgan fingerprint density at radius 2 is 1.23 bits per heavy atom. The monoisotopic (exact) mass is 196 g/mol. The van der Waals surface area contributed by atoms with Crippen molar-refractivity contribution in [3.8, 4) is 24.7 Å². The van der Waals surface area contributed by atoms with E-state index in [1.807, 2.05) is 27.7 Å². The summed E-state index contributed by atoms with van der Waals surface area (Å²) in [5.41, 5.74) is -1.09. The van der Waals surface area contributed by atoms with Gasteiger partial charge in [0.2, 0.25) is 0 Å². The Morgan fingerprint density at radius 3 is 1.46 bits per heavy atom. The van der Waals surface area contributed by atoms with E-state index in [0.29, 0.717) is 0 Å². The summed E-state index contributed by atoms with van der Waals surface area (Å²) in [5, 5.41) is 0. The van der Waals surface area contributed by atoms with Crippen LogP contribution in [-0.4, -0.2) is 21.2 Å². The summed E-state index contributed by atoms with van der Waals surface area (Å²) in [5.74, 6) is 5.05. The molecule has 0 N–H and O–H groups in total. The predicted octanol–water partition coefficient (Wildman–Crippen LogP) is 0.842. The molecule has 0 aromatic rings. The summed E-state index contributed by atoms with van der Waals surface area (Å²) < 4.78 is 10.8. The van der Waals surface area contributed by atoms with Gasteiger partial charge in [-0.1, -0.05) is 11.8 Å². The Kier molecular flexibility index (Phi) is 4.22. The molecule has 0 aliphatic rings. The van der Waals surface area contributed by atoms with E-state index in [1.165, 1.54) is 0 Å². The average molecular weight is 196 g/mol. The van der Waals surface area contributed by atoms with Crippen LogP contribution in [0.15, 0.2) is 0 Å². The van der Waals surface area contributed by atoms with E-state index in [1.54, 1.807) is 0 Å². The minimum atomic E-state index is -1.10. The highest BCUT2D eigenvalue weighted by Gasteiger charge is 2.18. The lowest BCUT2D eigenvalue weighted by molar-refractivity contribution is 0.0878. The molecule has 0 rings (SSSR count). The minimum Gasteiger partial charge on any atom is -0.382 e. The van der Waals surface area contributed by atoms with Crippen molar-refractivity contribution in [1.29, 1.82) is 0 Å². The quantitative estimate of drug-likeness (QED) is 0.490. The van der Waals surface area contributed by atoms with Gasteiger partial charge in [0.1, 0.15) is 11.2 Å². The van der Waals surface area contributed by atoms with Crippen LogP contribution in [0.1, 0.15) is 27.7 Å². The molecule has 0 radical (unpaired) electrons. The van der Waals surface area contributed by atoms with E-state index in [9.17, 15) is 0 Å². The second kappa shape index (κ2) is 4.48. The molecule has 2 nitrogen and oxygen atoms in total. The maximum absolute atomic E-state index is 5.40. The third-order valence-electron chi connectivity index (χ3n) is 1.53. The fraction of sp³-hybridized carbons (Fsp3) is 0.600. The van der Waals surface area contributed by atoms with E-state index in [-0.39, 0.29) is 0 Å². The van der Waals surface area contributed by atoms with E-state index < -0.39 is 21.2 Å². The Bertz CT molecular complexity index is 217. The summed E-state index contributed by atoms with van der Waals surface area (Å²) in [7, 11) is -1.10. The molecule has 0 aliphatic heterocycles. The minimum absolute atomic E-state index is 0.545. The van der Waals surface area contributed by atoms with Crippen LogP contribution in [0.25, 0.3) is 0 Å². The van der Waals surface area contributed by atoms with Gasteiger partial charge in [0.25, 0.3) is 0 Å². The Labute approximate surface area is 83.1 Å². The molecular weight excluding hydrogens is 180 g/mol. The van der Waals surface area contributed by atoms with Crippen LogP contribution < -0.4 is 0 Å². The summed E-state index contributed by atoms with van der Waals surface area (Å²) in [6.07, 6.45) is 10.5. The predicted molar refractivity (Wildman–Crippen MR) is 56.5 cm³/mol. The van der Waals surface area contributed by atoms with Crippen molar-refractivity contribution in [2.24, 2.45) is 0 Å². The molecule has 0 unspecified atom stereocenters. The molecular formula is C10H16O2Si. The summed E-state index contributed by atoms with van der Waals surface area (Å²) >= 11 is 0. The molecule has 0 aromatic carbocycles. The molecule has 0 saturated carbocycles. The first-order chi connectivity index (χ1) is 5.83. The Morgan fingerprint density at radius 1 is 0.923 bits per heavy atom. The van der Waals surface area contributed by atoms with Crippen molar-refractivity contribution in [3.05, 3.63) is 0 Å². The molecule has 72 valence electrons.